The van der Waals surface area contributed by atoms with Crippen LogP contribution < -0.4 is 11.3 Å². The number of nitrogens with two attached hydrogens (primary N) is 1. The van der Waals surface area contributed by atoms with E-state index in [2.05, 4.69) is 42.1 Å². The summed E-state index contributed by atoms with van der Waals surface area (Å²) in [5, 5.41) is 0.615. The fourth-order valence-electron chi connectivity index (χ4n) is 1.30. The molecule has 0 aliphatic rings. The van der Waals surface area contributed by atoms with Crippen LogP contribution in [-0.4, -0.2) is 11.2 Å². The van der Waals surface area contributed by atoms with E-state index in [9.17, 15) is 4.79 Å². The second kappa shape index (κ2) is 7.16. The quantitative estimate of drug-likeness (QED) is 0.494. The molecule has 3 nitrogen and oxygen atoms in total. The number of nitrogens with one attached hydrogen (secondary N) is 1. The smallest absolute Gasteiger partial charge is 0.265 e. The Hall–Kier alpha value is -0.520. The molecule has 3 N–H and O–H groups in total. The van der Waals surface area contributed by atoms with Crippen molar-refractivity contribution in [3.05, 3.63) is 33.8 Å². The van der Waals surface area contributed by atoms with Crippen molar-refractivity contribution in [1.29, 1.82) is 0 Å². The Balaban J connectivity index is 2.71. The highest BCUT2D eigenvalue weighted by Gasteiger charge is 2.11. The minimum Gasteiger partial charge on any atom is -0.290 e. The first-order valence-corrected chi connectivity index (χ1v) is 7.70. The van der Waals surface area contributed by atoms with Crippen LogP contribution in [0.15, 0.2) is 22.7 Å². The highest BCUT2D eigenvalue weighted by atomic mass is 79.9. The number of halogens is 1. The van der Waals surface area contributed by atoms with Crippen LogP contribution >= 0.6 is 27.7 Å². The molecule has 18 heavy (non-hydrogen) atoms. The van der Waals surface area contributed by atoms with Gasteiger partial charge in [0.25, 0.3) is 5.91 Å². The van der Waals surface area contributed by atoms with Gasteiger partial charge in [-0.3, -0.25) is 10.2 Å². The van der Waals surface area contributed by atoms with Gasteiger partial charge < -0.3 is 0 Å². The Labute approximate surface area is 121 Å². The van der Waals surface area contributed by atoms with Crippen LogP contribution in [-0.2, 0) is 5.75 Å². The van der Waals surface area contributed by atoms with Crippen molar-refractivity contribution in [2.45, 2.75) is 31.8 Å². The highest BCUT2D eigenvalue weighted by molar-refractivity contribution is 9.10. The molecular formula is C13H19BrN2OS. The summed E-state index contributed by atoms with van der Waals surface area (Å²) in [6.45, 7) is 6.68. The molecule has 0 saturated heterocycles. The Morgan fingerprint density at radius 2 is 2.11 bits per heavy atom. The van der Waals surface area contributed by atoms with Gasteiger partial charge in [-0.15, -0.1) is 0 Å². The SMILES string of the molecule is CC(C)C(C)SCc1ccc(C(=O)NN)cc1Br. The second-order valence-electron chi connectivity index (χ2n) is 4.54. The van der Waals surface area contributed by atoms with Gasteiger partial charge >= 0.3 is 0 Å². The summed E-state index contributed by atoms with van der Waals surface area (Å²) >= 11 is 5.41. The topological polar surface area (TPSA) is 55.1 Å². The van der Waals surface area contributed by atoms with Crippen LogP contribution in [0.5, 0.6) is 0 Å². The van der Waals surface area contributed by atoms with Crippen molar-refractivity contribution in [3.63, 3.8) is 0 Å². The van der Waals surface area contributed by atoms with Crippen LogP contribution in [0, 0.1) is 5.92 Å². The van der Waals surface area contributed by atoms with Gasteiger partial charge in [0.05, 0.1) is 0 Å². The lowest BCUT2D eigenvalue weighted by atomic mass is 10.1. The first kappa shape index (κ1) is 15.5. The van der Waals surface area contributed by atoms with E-state index in [-0.39, 0.29) is 5.91 Å². The minimum absolute atomic E-state index is 0.273. The molecule has 1 aromatic carbocycles. The lowest BCUT2D eigenvalue weighted by molar-refractivity contribution is 0.0953. The molecule has 100 valence electrons. The van der Waals surface area contributed by atoms with Crippen LogP contribution in [0.3, 0.4) is 0 Å². The molecule has 1 atom stereocenters. The number of hydrazine groups is 1. The van der Waals surface area contributed by atoms with Gasteiger partial charge in [-0.1, -0.05) is 42.8 Å². The van der Waals surface area contributed by atoms with E-state index in [1.54, 1.807) is 12.1 Å². The molecule has 0 aliphatic heterocycles. The van der Waals surface area contributed by atoms with E-state index in [1.807, 2.05) is 17.8 Å². The lowest BCUT2D eigenvalue weighted by Gasteiger charge is -2.15. The summed E-state index contributed by atoms with van der Waals surface area (Å²) in [7, 11) is 0. The van der Waals surface area contributed by atoms with Gasteiger partial charge in [-0.05, 0) is 23.6 Å². The van der Waals surface area contributed by atoms with Crippen LogP contribution in [0.2, 0.25) is 0 Å². The number of thioether (sulfide) groups is 1. The maximum absolute atomic E-state index is 11.4. The number of amides is 1. The fourth-order valence-corrected chi connectivity index (χ4v) is 3.09. The number of rotatable bonds is 5. The van der Waals surface area contributed by atoms with E-state index >= 15 is 0 Å². The lowest BCUT2D eigenvalue weighted by Crippen LogP contribution is -2.29. The molecule has 0 heterocycles. The van der Waals surface area contributed by atoms with Gasteiger partial charge in [0.15, 0.2) is 0 Å². The van der Waals surface area contributed by atoms with Crippen molar-refractivity contribution in [3.8, 4) is 0 Å². The number of hydrogen-bond donors (Lipinski definition) is 2. The summed E-state index contributed by atoms with van der Waals surface area (Å²) in [5.74, 6) is 6.43. The predicted molar refractivity (Wildman–Crippen MR) is 81.4 cm³/mol. The molecule has 1 amide bonds. The van der Waals surface area contributed by atoms with Crippen LogP contribution in [0.4, 0.5) is 0 Å². The summed E-state index contributed by atoms with van der Waals surface area (Å²) in [5.41, 5.74) is 3.89. The summed E-state index contributed by atoms with van der Waals surface area (Å²) in [6.07, 6.45) is 0. The van der Waals surface area contributed by atoms with Crippen molar-refractivity contribution in [1.82, 2.24) is 5.43 Å². The molecule has 1 unspecified atom stereocenters. The van der Waals surface area contributed by atoms with Crippen molar-refractivity contribution in [2.75, 3.05) is 0 Å². The Morgan fingerprint density at radius 1 is 1.44 bits per heavy atom. The van der Waals surface area contributed by atoms with E-state index in [0.717, 1.165) is 10.2 Å². The molecule has 0 fully saturated rings. The summed E-state index contributed by atoms with van der Waals surface area (Å²) in [6, 6.07) is 5.57. The molecule has 0 radical (unpaired) electrons. The molecule has 0 spiro atoms. The summed E-state index contributed by atoms with van der Waals surface area (Å²) in [4.78, 5) is 11.4. The van der Waals surface area contributed by atoms with Gasteiger partial charge in [-0.25, -0.2) is 5.84 Å². The first-order valence-electron chi connectivity index (χ1n) is 5.86. The van der Waals surface area contributed by atoms with E-state index in [0.29, 0.717) is 16.7 Å². The fraction of sp³-hybridized carbons (Fsp3) is 0.462. The largest absolute Gasteiger partial charge is 0.290 e. The standard InChI is InChI=1S/C13H19BrN2OS/c1-8(2)9(3)18-7-11-5-4-10(6-12(11)14)13(17)16-15/h4-6,8-9H,7,15H2,1-3H3,(H,16,17). The zero-order valence-corrected chi connectivity index (χ0v) is 13.3. The zero-order chi connectivity index (χ0) is 13.7. The molecule has 0 saturated carbocycles. The average molecular weight is 331 g/mol. The third-order valence-electron chi connectivity index (χ3n) is 2.89. The highest BCUT2D eigenvalue weighted by Crippen LogP contribution is 2.27. The molecule has 0 aliphatic carbocycles. The summed E-state index contributed by atoms with van der Waals surface area (Å²) < 4.78 is 0.951. The average Bonchev–Trinajstić information content (AvgIpc) is 2.35. The zero-order valence-electron chi connectivity index (χ0n) is 10.9. The van der Waals surface area contributed by atoms with E-state index < -0.39 is 0 Å². The maximum atomic E-state index is 11.4. The van der Waals surface area contributed by atoms with Crippen molar-refractivity contribution < 1.29 is 4.79 Å². The number of carbonyl (C=O) groups excluding carboxylic acids is 1. The number of hydrogen-bond acceptors (Lipinski definition) is 3. The molecule has 1 rings (SSSR count). The number of benzene rings is 1. The van der Waals surface area contributed by atoms with E-state index in [4.69, 9.17) is 5.84 Å². The number of nitrogen functional groups attached to an aromatic ring is 1. The Bertz CT molecular complexity index is 423. The van der Waals surface area contributed by atoms with Gasteiger partial charge in [0, 0.05) is 21.0 Å². The normalized spacial score (nSPS) is 12.6. The number of carbonyl (C=O) groups is 1. The van der Waals surface area contributed by atoms with Gasteiger partial charge in [0.2, 0.25) is 0 Å². The van der Waals surface area contributed by atoms with Crippen molar-refractivity contribution in [2.24, 2.45) is 11.8 Å². The third kappa shape index (κ3) is 4.30. The molecule has 1 aromatic rings. The molecule has 0 aromatic heterocycles. The van der Waals surface area contributed by atoms with Crippen molar-refractivity contribution >= 4 is 33.6 Å². The van der Waals surface area contributed by atoms with E-state index in [1.165, 1.54) is 5.56 Å². The monoisotopic (exact) mass is 330 g/mol. The minimum atomic E-state index is -0.273. The maximum Gasteiger partial charge on any atom is 0.265 e. The predicted octanol–water partition coefficient (Wildman–Crippen LogP) is 3.33. The molecular weight excluding hydrogens is 312 g/mol. The molecule has 0 bridgehead atoms. The Morgan fingerprint density at radius 3 is 2.61 bits per heavy atom. The second-order valence-corrected chi connectivity index (χ2v) is 6.76. The Kier molecular flexibility index (Phi) is 6.18. The molecule has 5 heteroatoms. The van der Waals surface area contributed by atoms with Gasteiger partial charge in [0.1, 0.15) is 0 Å². The van der Waals surface area contributed by atoms with Gasteiger partial charge in [-0.2, -0.15) is 11.8 Å². The first-order chi connectivity index (χ1) is 8.45. The third-order valence-corrected chi connectivity index (χ3v) is 5.17. The van der Waals surface area contributed by atoms with Crippen LogP contribution in [0.25, 0.3) is 0 Å². The van der Waals surface area contributed by atoms with Crippen LogP contribution in [0.1, 0.15) is 36.7 Å².